The number of nitrogens with one attached hydrogen (secondary N) is 2. The monoisotopic (exact) mass is 318 g/mol. The van der Waals surface area contributed by atoms with Gasteiger partial charge in [-0.05, 0) is 18.2 Å². The van der Waals surface area contributed by atoms with E-state index in [4.69, 9.17) is 11.6 Å². The first-order valence-corrected chi connectivity index (χ1v) is 7.37. The molecule has 21 heavy (non-hydrogen) atoms. The zero-order valence-corrected chi connectivity index (χ0v) is 12.6. The fraction of sp³-hybridized carbons (Fsp3) is 0.0714. The molecule has 3 rings (SSSR count). The Balaban J connectivity index is 1.84. The number of nitrogens with zero attached hydrogens (tertiary/aromatic N) is 2. The van der Waals surface area contributed by atoms with Crippen LogP contribution in [0, 0.1) is 0 Å². The zero-order valence-electron chi connectivity index (χ0n) is 11.1. The van der Waals surface area contributed by atoms with Crippen molar-refractivity contribution in [3.05, 3.63) is 47.1 Å². The summed E-state index contributed by atoms with van der Waals surface area (Å²) < 4.78 is 1.02. The number of rotatable bonds is 3. The third-order valence-electron chi connectivity index (χ3n) is 2.85. The molecule has 0 saturated carbocycles. The zero-order chi connectivity index (χ0) is 14.8. The SMILES string of the molecule is CNc1ncc(C(=O)Nc2nc3ccccc3s2)cc1Cl. The van der Waals surface area contributed by atoms with Crippen LogP contribution in [0.15, 0.2) is 36.5 Å². The van der Waals surface area contributed by atoms with Crippen LogP contribution in [0.5, 0.6) is 0 Å². The average molecular weight is 319 g/mol. The van der Waals surface area contributed by atoms with E-state index in [1.807, 2.05) is 24.3 Å². The maximum atomic E-state index is 12.2. The van der Waals surface area contributed by atoms with Crippen LogP contribution in [0.1, 0.15) is 10.4 Å². The normalized spacial score (nSPS) is 10.6. The molecule has 1 amide bonds. The highest BCUT2D eigenvalue weighted by atomic mass is 35.5. The molecule has 0 aliphatic heterocycles. The molecule has 2 N–H and O–H groups in total. The first kappa shape index (κ1) is 13.8. The molecule has 0 aliphatic rings. The fourth-order valence-electron chi connectivity index (χ4n) is 1.84. The Kier molecular flexibility index (Phi) is 3.72. The summed E-state index contributed by atoms with van der Waals surface area (Å²) in [5.41, 5.74) is 1.25. The second kappa shape index (κ2) is 5.67. The van der Waals surface area contributed by atoms with Crippen LogP contribution in [-0.4, -0.2) is 22.9 Å². The number of carbonyl (C=O) groups excluding carboxylic acids is 1. The van der Waals surface area contributed by atoms with Crippen molar-refractivity contribution in [3.63, 3.8) is 0 Å². The number of pyridine rings is 1. The minimum Gasteiger partial charge on any atom is -0.372 e. The Hall–Kier alpha value is -2.18. The van der Waals surface area contributed by atoms with Gasteiger partial charge in [-0.25, -0.2) is 9.97 Å². The van der Waals surface area contributed by atoms with Crippen LogP contribution in [0.2, 0.25) is 5.02 Å². The number of amides is 1. The van der Waals surface area contributed by atoms with E-state index in [1.54, 1.807) is 13.1 Å². The molecule has 0 saturated heterocycles. The highest BCUT2D eigenvalue weighted by Crippen LogP contribution is 2.26. The Morgan fingerprint density at radius 2 is 2.14 bits per heavy atom. The molecule has 2 heterocycles. The molecule has 0 spiro atoms. The van der Waals surface area contributed by atoms with Crippen LogP contribution in [-0.2, 0) is 0 Å². The van der Waals surface area contributed by atoms with E-state index in [9.17, 15) is 4.79 Å². The molecule has 7 heteroatoms. The van der Waals surface area contributed by atoms with Crippen molar-refractivity contribution < 1.29 is 4.79 Å². The van der Waals surface area contributed by atoms with E-state index in [0.29, 0.717) is 21.5 Å². The number of benzene rings is 1. The van der Waals surface area contributed by atoms with Crippen molar-refractivity contribution in [2.45, 2.75) is 0 Å². The molecule has 0 bridgehead atoms. The van der Waals surface area contributed by atoms with Crippen molar-refractivity contribution in [3.8, 4) is 0 Å². The van der Waals surface area contributed by atoms with E-state index >= 15 is 0 Å². The highest BCUT2D eigenvalue weighted by molar-refractivity contribution is 7.22. The molecule has 1 aromatic carbocycles. The third kappa shape index (κ3) is 2.81. The van der Waals surface area contributed by atoms with Crippen LogP contribution in [0.25, 0.3) is 10.2 Å². The summed E-state index contributed by atoms with van der Waals surface area (Å²) in [7, 11) is 1.72. The first-order chi connectivity index (χ1) is 10.2. The molecular formula is C14H11ClN4OS. The molecule has 0 atom stereocenters. The van der Waals surface area contributed by atoms with Crippen molar-refractivity contribution >= 4 is 50.0 Å². The van der Waals surface area contributed by atoms with Crippen molar-refractivity contribution in [1.82, 2.24) is 9.97 Å². The van der Waals surface area contributed by atoms with E-state index < -0.39 is 0 Å². The minimum atomic E-state index is -0.286. The van der Waals surface area contributed by atoms with Gasteiger partial charge in [-0.2, -0.15) is 0 Å². The van der Waals surface area contributed by atoms with Crippen LogP contribution in [0.4, 0.5) is 10.9 Å². The number of anilines is 2. The smallest absolute Gasteiger partial charge is 0.259 e. The van der Waals surface area contributed by atoms with Gasteiger partial charge in [0.15, 0.2) is 5.13 Å². The van der Waals surface area contributed by atoms with Gasteiger partial charge in [0.05, 0.1) is 20.8 Å². The fourth-order valence-corrected chi connectivity index (χ4v) is 2.96. The highest BCUT2D eigenvalue weighted by Gasteiger charge is 2.12. The summed E-state index contributed by atoms with van der Waals surface area (Å²) in [6.45, 7) is 0. The van der Waals surface area contributed by atoms with Gasteiger partial charge in [0.25, 0.3) is 5.91 Å². The molecular weight excluding hydrogens is 308 g/mol. The molecule has 106 valence electrons. The van der Waals surface area contributed by atoms with Crippen LogP contribution >= 0.6 is 22.9 Å². The minimum absolute atomic E-state index is 0.286. The summed E-state index contributed by atoms with van der Waals surface area (Å²) in [6, 6.07) is 9.29. The van der Waals surface area contributed by atoms with E-state index in [1.165, 1.54) is 17.5 Å². The molecule has 5 nitrogen and oxygen atoms in total. The summed E-state index contributed by atoms with van der Waals surface area (Å²) in [5, 5.41) is 6.55. The number of para-hydroxylation sites is 1. The van der Waals surface area contributed by atoms with Crippen LogP contribution in [0.3, 0.4) is 0 Å². The van der Waals surface area contributed by atoms with Crippen molar-refractivity contribution in [1.29, 1.82) is 0 Å². The number of halogens is 1. The number of aromatic nitrogens is 2. The van der Waals surface area contributed by atoms with E-state index in [0.717, 1.165) is 10.2 Å². The summed E-state index contributed by atoms with van der Waals surface area (Å²) in [6.07, 6.45) is 1.47. The number of carbonyl (C=O) groups is 1. The number of fused-ring (bicyclic) bond motifs is 1. The van der Waals surface area contributed by atoms with E-state index in [2.05, 4.69) is 20.6 Å². The van der Waals surface area contributed by atoms with E-state index in [-0.39, 0.29) is 5.91 Å². The Morgan fingerprint density at radius 3 is 2.86 bits per heavy atom. The number of thiazole rings is 1. The lowest BCUT2D eigenvalue weighted by atomic mass is 10.2. The molecule has 3 aromatic rings. The van der Waals surface area contributed by atoms with Gasteiger partial charge in [0, 0.05) is 13.2 Å². The topological polar surface area (TPSA) is 66.9 Å². The quantitative estimate of drug-likeness (QED) is 0.773. The Labute approximate surface area is 130 Å². The standard InChI is InChI=1S/C14H11ClN4OS/c1-16-12-9(15)6-8(7-17-12)13(20)19-14-18-10-4-2-3-5-11(10)21-14/h2-7H,1H3,(H,16,17)(H,18,19,20). The first-order valence-electron chi connectivity index (χ1n) is 6.17. The Bertz CT molecular complexity index is 785. The predicted molar refractivity (Wildman–Crippen MR) is 86.4 cm³/mol. The lowest BCUT2D eigenvalue weighted by Crippen LogP contribution is -2.12. The maximum Gasteiger partial charge on any atom is 0.259 e. The molecule has 0 unspecified atom stereocenters. The lowest BCUT2D eigenvalue weighted by molar-refractivity contribution is 0.102. The lowest BCUT2D eigenvalue weighted by Gasteiger charge is -2.05. The number of hydrogen-bond donors (Lipinski definition) is 2. The summed E-state index contributed by atoms with van der Waals surface area (Å²) in [4.78, 5) is 20.6. The number of hydrogen-bond acceptors (Lipinski definition) is 5. The molecule has 0 aliphatic carbocycles. The second-order valence-electron chi connectivity index (χ2n) is 4.25. The van der Waals surface area contributed by atoms with Crippen molar-refractivity contribution in [2.24, 2.45) is 0 Å². The Morgan fingerprint density at radius 1 is 1.33 bits per heavy atom. The second-order valence-corrected chi connectivity index (χ2v) is 5.68. The van der Waals surface area contributed by atoms with Gasteiger partial charge in [-0.1, -0.05) is 35.1 Å². The maximum absolute atomic E-state index is 12.2. The van der Waals surface area contributed by atoms with Crippen LogP contribution < -0.4 is 10.6 Å². The average Bonchev–Trinajstić information content (AvgIpc) is 2.89. The van der Waals surface area contributed by atoms with Gasteiger partial charge in [0.2, 0.25) is 0 Å². The van der Waals surface area contributed by atoms with Crippen molar-refractivity contribution in [2.75, 3.05) is 17.7 Å². The predicted octanol–water partition coefficient (Wildman–Crippen LogP) is 3.64. The van der Waals surface area contributed by atoms with Gasteiger partial charge >= 0.3 is 0 Å². The summed E-state index contributed by atoms with van der Waals surface area (Å²) >= 11 is 7.45. The molecule has 0 fully saturated rings. The third-order valence-corrected chi connectivity index (χ3v) is 4.09. The largest absolute Gasteiger partial charge is 0.372 e. The van der Waals surface area contributed by atoms with Gasteiger partial charge in [0.1, 0.15) is 5.82 Å². The molecule has 0 radical (unpaired) electrons. The van der Waals surface area contributed by atoms with Gasteiger partial charge in [-0.15, -0.1) is 0 Å². The molecule has 2 aromatic heterocycles. The van der Waals surface area contributed by atoms with Gasteiger partial charge < -0.3 is 5.32 Å². The van der Waals surface area contributed by atoms with Gasteiger partial charge in [-0.3, -0.25) is 10.1 Å². The summed E-state index contributed by atoms with van der Waals surface area (Å²) in [5.74, 6) is 0.249.